The first-order valence-electron chi connectivity index (χ1n) is 6.11. The predicted octanol–water partition coefficient (Wildman–Crippen LogP) is 3.72. The SMILES string of the molecule is Cc1nc(CN(C)CCOc2cccc(Br)c2)cs1. The molecule has 2 aromatic rings. The van der Waals surface area contributed by atoms with Crippen molar-refractivity contribution in [2.75, 3.05) is 20.2 Å². The average molecular weight is 341 g/mol. The number of hydrogen-bond acceptors (Lipinski definition) is 4. The zero-order chi connectivity index (χ0) is 13.7. The molecule has 1 aromatic heterocycles. The Labute approximate surface area is 126 Å². The zero-order valence-electron chi connectivity index (χ0n) is 11.1. The zero-order valence-corrected chi connectivity index (χ0v) is 13.5. The van der Waals surface area contributed by atoms with E-state index in [1.807, 2.05) is 31.2 Å². The highest BCUT2D eigenvalue weighted by Gasteiger charge is 2.04. The molecule has 0 N–H and O–H groups in total. The molecule has 0 amide bonds. The number of thiazole rings is 1. The highest BCUT2D eigenvalue weighted by atomic mass is 79.9. The molecule has 0 fully saturated rings. The molecule has 1 heterocycles. The van der Waals surface area contributed by atoms with Crippen LogP contribution in [0.1, 0.15) is 10.7 Å². The van der Waals surface area contributed by atoms with Crippen molar-refractivity contribution in [1.29, 1.82) is 0 Å². The number of benzene rings is 1. The van der Waals surface area contributed by atoms with Gasteiger partial charge in [0.05, 0.1) is 10.7 Å². The monoisotopic (exact) mass is 340 g/mol. The summed E-state index contributed by atoms with van der Waals surface area (Å²) in [5.41, 5.74) is 1.13. The lowest BCUT2D eigenvalue weighted by molar-refractivity contribution is 0.231. The van der Waals surface area contributed by atoms with Crippen molar-refractivity contribution < 1.29 is 4.74 Å². The molecule has 0 saturated heterocycles. The number of nitrogens with zero attached hydrogens (tertiary/aromatic N) is 2. The van der Waals surface area contributed by atoms with Crippen molar-refractivity contribution in [2.45, 2.75) is 13.5 Å². The minimum absolute atomic E-state index is 0.677. The van der Waals surface area contributed by atoms with E-state index in [9.17, 15) is 0 Å². The lowest BCUT2D eigenvalue weighted by atomic mass is 10.3. The van der Waals surface area contributed by atoms with Crippen LogP contribution in [-0.4, -0.2) is 30.1 Å². The van der Waals surface area contributed by atoms with Gasteiger partial charge in [0.25, 0.3) is 0 Å². The average Bonchev–Trinajstić information content (AvgIpc) is 2.75. The van der Waals surface area contributed by atoms with Crippen LogP contribution in [0.3, 0.4) is 0 Å². The van der Waals surface area contributed by atoms with E-state index in [2.05, 4.69) is 38.2 Å². The van der Waals surface area contributed by atoms with E-state index >= 15 is 0 Å². The number of aromatic nitrogens is 1. The minimum Gasteiger partial charge on any atom is -0.492 e. The van der Waals surface area contributed by atoms with E-state index in [0.29, 0.717) is 6.61 Å². The van der Waals surface area contributed by atoms with E-state index < -0.39 is 0 Å². The Morgan fingerprint density at radius 3 is 2.95 bits per heavy atom. The lowest BCUT2D eigenvalue weighted by Gasteiger charge is -2.15. The second-order valence-electron chi connectivity index (χ2n) is 4.40. The van der Waals surface area contributed by atoms with Crippen molar-refractivity contribution in [3.8, 4) is 5.75 Å². The van der Waals surface area contributed by atoms with Crippen molar-refractivity contribution in [3.05, 3.63) is 44.8 Å². The van der Waals surface area contributed by atoms with Crippen molar-refractivity contribution >= 4 is 27.3 Å². The summed E-state index contributed by atoms with van der Waals surface area (Å²) >= 11 is 5.13. The molecular formula is C14H17BrN2OS. The lowest BCUT2D eigenvalue weighted by Crippen LogP contribution is -2.24. The van der Waals surface area contributed by atoms with Gasteiger partial charge < -0.3 is 4.74 Å². The molecule has 102 valence electrons. The molecule has 0 atom stereocenters. The van der Waals surface area contributed by atoms with Crippen LogP contribution in [0.4, 0.5) is 0 Å². The summed E-state index contributed by atoms with van der Waals surface area (Å²) in [6.45, 7) is 4.45. The summed E-state index contributed by atoms with van der Waals surface area (Å²) in [7, 11) is 2.08. The normalized spacial score (nSPS) is 10.9. The highest BCUT2D eigenvalue weighted by molar-refractivity contribution is 9.10. The number of likely N-dealkylation sites (N-methyl/N-ethyl adjacent to an activating group) is 1. The van der Waals surface area contributed by atoms with E-state index in [0.717, 1.165) is 34.0 Å². The molecule has 0 unspecified atom stereocenters. The van der Waals surface area contributed by atoms with Gasteiger partial charge in [0, 0.05) is 22.9 Å². The Balaban J connectivity index is 1.73. The van der Waals surface area contributed by atoms with Crippen molar-refractivity contribution in [3.63, 3.8) is 0 Å². The number of hydrogen-bond donors (Lipinski definition) is 0. The Bertz CT molecular complexity index is 530. The van der Waals surface area contributed by atoms with E-state index in [1.165, 1.54) is 0 Å². The molecule has 5 heteroatoms. The quantitative estimate of drug-likeness (QED) is 0.801. The maximum Gasteiger partial charge on any atom is 0.120 e. The molecule has 0 aliphatic heterocycles. The van der Waals surface area contributed by atoms with Crippen LogP contribution in [0.5, 0.6) is 5.75 Å². The third-order valence-corrected chi connectivity index (χ3v) is 3.95. The van der Waals surface area contributed by atoms with E-state index in [4.69, 9.17) is 4.74 Å². The molecule has 19 heavy (non-hydrogen) atoms. The standard InChI is InChI=1S/C14H17BrN2OS/c1-11-16-13(10-19-11)9-17(2)6-7-18-14-5-3-4-12(15)8-14/h3-5,8,10H,6-7,9H2,1-2H3. The maximum atomic E-state index is 5.71. The van der Waals surface area contributed by atoms with Gasteiger partial charge in [0.2, 0.25) is 0 Å². The van der Waals surface area contributed by atoms with Gasteiger partial charge in [-0.15, -0.1) is 11.3 Å². The fourth-order valence-corrected chi connectivity index (χ4v) is 2.69. The summed E-state index contributed by atoms with van der Waals surface area (Å²) in [5, 5.41) is 3.23. The first-order valence-corrected chi connectivity index (χ1v) is 7.78. The minimum atomic E-state index is 0.677. The van der Waals surface area contributed by atoms with Crippen LogP contribution < -0.4 is 4.74 Å². The van der Waals surface area contributed by atoms with Gasteiger partial charge in [-0.3, -0.25) is 4.90 Å². The molecule has 2 rings (SSSR count). The van der Waals surface area contributed by atoms with Gasteiger partial charge in [-0.2, -0.15) is 0 Å². The van der Waals surface area contributed by atoms with Gasteiger partial charge in [-0.1, -0.05) is 22.0 Å². The molecule has 0 bridgehead atoms. The smallest absolute Gasteiger partial charge is 0.120 e. The summed E-state index contributed by atoms with van der Waals surface area (Å²) in [4.78, 5) is 6.67. The number of halogens is 1. The molecule has 0 spiro atoms. The fraction of sp³-hybridized carbons (Fsp3) is 0.357. The maximum absolute atomic E-state index is 5.71. The summed E-state index contributed by atoms with van der Waals surface area (Å²) in [6.07, 6.45) is 0. The van der Waals surface area contributed by atoms with Gasteiger partial charge in [0.15, 0.2) is 0 Å². The molecule has 0 aliphatic carbocycles. The largest absolute Gasteiger partial charge is 0.492 e. The summed E-state index contributed by atoms with van der Waals surface area (Å²) in [6, 6.07) is 7.91. The Morgan fingerprint density at radius 2 is 2.26 bits per heavy atom. The second-order valence-corrected chi connectivity index (χ2v) is 6.38. The van der Waals surface area contributed by atoms with Gasteiger partial charge in [0.1, 0.15) is 12.4 Å². The van der Waals surface area contributed by atoms with Gasteiger partial charge >= 0.3 is 0 Å². The van der Waals surface area contributed by atoms with Gasteiger partial charge in [-0.25, -0.2) is 4.98 Å². The number of aryl methyl sites for hydroxylation is 1. The first kappa shape index (κ1) is 14.5. The van der Waals surface area contributed by atoms with Crippen LogP contribution in [0.2, 0.25) is 0 Å². The summed E-state index contributed by atoms with van der Waals surface area (Å²) < 4.78 is 6.75. The number of ether oxygens (including phenoxy) is 1. The Hall–Kier alpha value is -0.910. The van der Waals surface area contributed by atoms with Crippen LogP contribution in [-0.2, 0) is 6.54 Å². The van der Waals surface area contributed by atoms with Crippen molar-refractivity contribution in [1.82, 2.24) is 9.88 Å². The van der Waals surface area contributed by atoms with Crippen LogP contribution >= 0.6 is 27.3 Å². The molecular weight excluding hydrogens is 324 g/mol. The highest BCUT2D eigenvalue weighted by Crippen LogP contribution is 2.17. The van der Waals surface area contributed by atoms with Crippen LogP contribution in [0.25, 0.3) is 0 Å². The molecule has 1 aromatic carbocycles. The molecule has 0 saturated carbocycles. The second kappa shape index (κ2) is 7.03. The third kappa shape index (κ3) is 4.93. The molecule has 3 nitrogen and oxygen atoms in total. The third-order valence-electron chi connectivity index (χ3n) is 2.64. The Morgan fingerprint density at radius 1 is 1.42 bits per heavy atom. The molecule has 0 aliphatic rings. The van der Waals surface area contributed by atoms with E-state index in [-0.39, 0.29) is 0 Å². The molecule has 0 radical (unpaired) electrons. The van der Waals surface area contributed by atoms with Crippen molar-refractivity contribution in [2.24, 2.45) is 0 Å². The number of rotatable bonds is 6. The predicted molar refractivity (Wildman–Crippen MR) is 82.8 cm³/mol. The first-order chi connectivity index (χ1) is 9.13. The van der Waals surface area contributed by atoms with Crippen LogP contribution in [0, 0.1) is 6.92 Å². The van der Waals surface area contributed by atoms with E-state index in [1.54, 1.807) is 11.3 Å². The topological polar surface area (TPSA) is 25.4 Å². The van der Waals surface area contributed by atoms with Crippen LogP contribution in [0.15, 0.2) is 34.1 Å². The van der Waals surface area contributed by atoms with Gasteiger partial charge in [-0.05, 0) is 32.2 Å². The summed E-state index contributed by atoms with van der Waals surface area (Å²) in [5.74, 6) is 0.896. The fourth-order valence-electron chi connectivity index (χ4n) is 1.71. The Kier molecular flexibility index (Phi) is 5.36.